The first-order chi connectivity index (χ1) is 7.63. The molecule has 90 valence electrons. The third-order valence-corrected chi connectivity index (χ3v) is 3.16. The molecule has 0 saturated carbocycles. The lowest BCUT2D eigenvalue weighted by Gasteiger charge is -2.07. The van der Waals surface area contributed by atoms with Gasteiger partial charge in [0, 0.05) is 11.8 Å². The van der Waals surface area contributed by atoms with E-state index in [4.69, 9.17) is 5.11 Å². The number of thioether (sulfide) groups is 1. The average molecular weight is 244 g/mol. The number of hydrogen-bond acceptors (Lipinski definition) is 5. The Morgan fingerprint density at radius 2 is 2.38 bits per heavy atom. The number of rotatable bonds is 7. The molecule has 1 N–H and O–H groups in total. The van der Waals surface area contributed by atoms with Crippen LogP contribution in [0.3, 0.4) is 0 Å². The largest absolute Gasteiger partial charge is 0.481 e. The zero-order valence-corrected chi connectivity index (χ0v) is 10.3. The van der Waals surface area contributed by atoms with Gasteiger partial charge in [-0.2, -0.15) is 11.8 Å². The first-order valence-electron chi connectivity index (χ1n) is 5.22. The number of carboxylic acids is 1. The van der Waals surface area contributed by atoms with Crippen molar-refractivity contribution in [2.24, 2.45) is 0 Å². The highest BCUT2D eigenvalue weighted by Gasteiger charge is 2.11. The molecular formula is C9H16N4O2S. The molecule has 0 saturated heterocycles. The lowest BCUT2D eigenvalue weighted by Crippen LogP contribution is -2.08. The van der Waals surface area contributed by atoms with Crippen LogP contribution in [0.4, 0.5) is 0 Å². The van der Waals surface area contributed by atoms with E-state index in [9.17, 15) is 4.79 Å². The molecule has 6 nitrogen and oxygen atoms in total. The van der Waals surface area contributed by atoms with Gasteiger partial charge in [-0.1, -0.05) is 13.8 Å². The first-order valence-corrected chi connectivity index (χ1v) is 6.26. The van der Waals surface area contributed by atoms with Crippen LogP contribution in [0, 0.1) is 0 Å². The monoisotopic (exact) mass is 244 g/mol. The van der Waals surface area contributed by atoms with E-state index < -0.39 is 5.97 Å². The van der Waals surface area contributed by atoms with Crippen LogP contribution in [-0.4, -0.2) is 36.5 Å². The highest BCUT2D eigenvalue weighted by Crippen LogP contribution is 2.18. The molecule has 0 radical (unpaired) electrons. The number of carboxylic acid groups (broad SMARTS) is 1. The van der Waals surface area contributed by atoms with Gasteiger partial charge in [0.05, 0.1) is 12.2 Å². The Bertz CT molecular complexity index is 342. The van der Waals surface area contributed by atoms with E-state index in [-0.39, 0.29) is 11.7 Å². The van der Waals surface area contributed by atoms with Crippen LogP contribution < -0.4 is 0 Å². The molecule has 7 heteroatoms. The summed E-state index contributed by atoms with van der Waals surface area (Å²) in [5.74, 6) is 0.693. The molecule has 0 amide bonds. The smallest absolute Gasteiger partial charge is 0.304 e. The second-order valence-electron chi connectivity index (χ2n) is 3.54. The van der Waals surface area contributed by atoms with Gasteiger partial charge in [0.1, 0.15) is 0 Å². The van der Waals surface area contributed by atoms with Crippen molar-refractivity contribution in [3.8, 4) is 0 Å². The van der Waals surface area contributed by atoms with Crippen LogP contribution in [0.5, 0.6) is 0 Å². The highest BCUT2D eigenvalue weighted by atomic mass is 32.2. The molecule has 0 aliphatic heterocycles. The number of nitrogens with zero attached hydrogens (tertiary/aromatic N) is 4. The summed E-state index contributed by atoms with van der Waals surface area (Å²) in [6.07, 6.45) is 1.15. The van der Waals surface area contributed by atoms with E-state index in [0.29, 0.717) is 5.75 Å². The molecule has 16 heavy (non-hydrogen) atoms. The fourth-order valence-electron chi connectivity index (χ4n) is 1.23. The zero-order valence-electron chi connectivity index (χ0n) is 9.46. The maximum Gasteiger partial charge on any atom is 0.304 e. The molecule has 0 fully saturated rings. The number of tetrazole rings is 1. The van der Waals surface area contributed by atoms with Crippen molar-refractivity contribution >= 4 is 17.7 Å². The topological polar surface area (TPSA) is 80.9 Å². The van der Waals surface area contributed by atoms with Crippen LogP contribution in [-0.2, 0) is 17.1 Å². The minimum Gasteiger partial charge on any atom is -0.481 e. The summed E-state index contributed by atoms with van der Waals surface area (Å²) in [6, 6.07) is 0. The maximum atomic E-state index is 10.5. The molecule has 0 aliphatic rings. The van der Waals surface area contributed by atoms with Gasteiger partial charge in [-0.15, -0.1) is 5.10 Å². The van der Waals surface area contributed by atoms with Crippen molar-refractivity contribution in [2.45, 2.75) is 44.2 Å². The SMILES string of the molecule is CCCn1nnnc1CSC(C)CC(=O)O. The number of hydrogen-bond donors (Lipinski definition) is 1. The summed E-state index contributed by atoms with van der Waals surface area (Å²) in [5, 5.41) is 20.1. The Labute approximate surface area is 98.4 Å². The quantitative estimate of drug-likeness (QED) is 0.775. The van der Waals surface area contributed by atoms with E-state index in [1.54, 1.807) is 16.4 Å². The molecular weight excluding hydrogens is 228 g/mol. The molecule has 1 aromatic rings. The Kier molecular flexibility index (Phi) is 5.24. The van der Waals surface area contributed by atoms with Crippen LogP contribution in [0.2, 0.25) is 0 Å². The Morgan fingerprint density at radius 1 is 1.62 bits per heavy atom. The summed E-state index contributed by atoms with van der Waals surface area (Å²) in [5.41, 5.74) is 0. The van der Waals surface area contributed by atoms with Crippen molar-refractivity contribution in [1.82, 2.24) is 20.2 Å². The number of aryl methyl sites for hydroxylation is 1. The summed E-state index contributed by atoms with van der Waals surface area (Å²) < 4.78 is 1.76. The Hall–Kier alpha value is -1.11. The molecule has 1 aromatic heterocycles. The van der Waals surface area contributed by atoms with Crippen molar-refractivity contribution < 1.29 is 9.90 Å². The van der Waals surface area contributed by atoms with Gasteiger partial charge < -0.3 is 5.11 Å². The fraction of sp³-hybridized carbons (Fsp3) is 0.778. The molecule has 1 heterocycles. The summed E-state index contributed by atoms with van der Waals surface area (Å²) in [6.45, 7) is 4.76. The van der Waals surface area contributed by atoms with Gasteiger partial charge in [0.25, 0.3) is 0 Å². The lowest BCUT2D eigenvalue weighted by atomic mass is 10.3. The van der Waals surface area contributed by atoms with Gasteiger partial charge >= 0.3 is 5.97 Å². The minimum atomic E-state index is -0.770. The van der Waals surface area contributed by atoms with E-state index in [0.717, 1.165) is 18.8 Å². The van der Waals surface area contributed by atoms with E-state index >= 15 is 0 Å². The minimum absolute atomic E-state index is 0.0734. The molecule has 1 unspecified atom stereocenters. The average Bonchev–Trinajstić information content (AvgIpc) is 2.62. The third-order valence-electron chi connectivity index (χ3n) is 2.00. The summed E-state index contributed by atoms with van der Waals surface area (Å²) in [4.78, 5) is 10.5. The van der Waals surface area contributed by atoms with Gasteiger partial charge in [0.2, 0.25) is 0 Å². The highest BCUT2D eigenvalue weighted by molar-refractivity contribution is 7.99. The number of aromatic nitrogens is 4. The van der Waals surface area contributed by atoms with Crippen molar-refractivity contribution in [3.63, 3.8) is 0 Å². The first kappa shape index (κ1) is 13.0. The lowest BCUT2D eigenvalue weighted by molar-refractivity contribution is -0.136. The van der Waals surface area contributed by atoms with Crippen LogP contribution in [0.25, 0.3) is 0 Å². The second kappa shape index (κ2) is 6.47. The van der Waals surface area contributed by atoms with Crippen molar-refractivity contribution in [2.75, 3.05) is 0 Å². The van der Waals surface area contributed by atoms with E-state index in [1.165, 1.54) is 0 Å². The molecule has 0 bridgehead atoms. The van der Waals surface area contributed by atoms with Gasteiger partial charge in [-0.05, 0) is 16.8 Å². The zero-order chi connectivity index (χ0) is 12.0. The van der Waals surface area contributed by atoms with Gasteiger partial charge in [0.15, 0.2) is 5.82 Å². The van der Waals surface area contributed by atoms with Crippen molar-refractivity contribution in [3.05, 3.63) is 5.82 Å². The van der Waals surface area contributed by atoms with E-state index in [1.807, 2.05) is 6.92 Å². The Balaban J connectivity index is 2.41. The number of aliphatic carboxylic acids is 1. The van der Waals surface area contributed by atoms with Crippen LogP contribution in [0.1, 0.15) is 32.5 Å². The van der Waals surface area contributed by atoms with Crippen LogP contribution in [0.15, 0.2) is 0 Å². The maximum absolute atomic E-state index is 10.5. The summed E-state index contributed by atoms with van der Waals surface area (Å²) >= 11 is 1.56. The normalized spacial score (nSPS) is 12.6. The van der Waals surface area contributed by atoms with Crippen LogP contribution >= 0.6 is 11.8 Å². The van der Waals surface area contributed by atoms with Crippen molar-refractivity contribution in [1.29, 1.82) is 0 Å². The molecule has 1 rings (SSSR count). The molecule has 0 aromatic carbocycles. The van der Waals surface area contributed by atoms with E-state index in [2.05, 4.69) is 22.4 Å². The number of carbonyl (C=O) groups is 1. The predicted octanol–water partition coefficient (Wildman–Crippen LogP) is 1.18. The van der Waals surface area contributed by atoms with Gasteiger partial charge in [-0.25, -0.2) is 4.68 Å². The second-order valence-corrected chi connectivity index (χ2v) is 4.96. The summed E-state index contributed by atoms with van der Waals surface area (Å²) in [7, 11) is 0. The third kappa shape index (κ3) is 4.18. The Morgan fingerprint density at radius 3 is 3.00 bits per heavy atom. The molecule has 0 aliphatic carbocycles. The molecule has 0 spiro atoms. The fourth-order valence-corrected chi connectivity index (χ4v) is 2.13. The standard InChI is InChI=1S/C9H16N4O2S/c1-3-4-13-8(10-11-12-13)6-16-7(2)5-9(14)15/h7H,3-6H2,1-2H3,(H,14,15). The predicted molar refractivity (Wildman–Crippen MR) is 61.1 cm³/mol. The van der Waals surface area contributed by atoms with Gasteiger partial charge in [-0.3, -0.25) is 4.79 Å². The molecule has 1 atom stereocenters.